The molecular weight excluding hydrogens is 299 g/mol. The minimum Gasteiger partial charge on any atom is -0.462 e. The number of rotatable bonds is 4. The predicted octanol–water partition coefficient (Wildman–Crippen LogP) is 6.70. The molecule has 1 fully saturated rings. The van der Waals surface area contributed by atoms with E-state index >= 15 is 0 Å². The molecule has 0 atom stereocenters. The molecule has 3 rings (SSSR count). The summed E-state index contributed by atoms with van der Waals surface area (Å²) in [5.74, 6) is 1.47. The van der Waals surface area contributed by atoms with Gasteiger partial charge in [-0.3, -0.25) is 0 Å². The number of halogens is 1. The molecule has 126 valence electrons. The molecule has 24 heavy (non-hydrogen) atoms. The van der Waals surface area contributed by atoms with Gasteiger partial charge in [-0.15, -0.1) is 0 Å². The Morgan fingerprint density at radius 2 is 1.62 bits per heavy atom. The molecule has 0 bridgehead atoms. The second kappa shape index (κ2) is 7.65. The number of hydrogen-bond acceptors (Lipinski definition) is 1. The summed E-state index contributed by atoms with van der Waals surface area (Å²) in [7, 11) is 0. The van der Waals surface area contributed by atoms with E-state index in [-0.39, 0.29) is 11.6 Å². The molecule has 0 spiro atoms. The lowest BCUT2D eigenvalue weighted by Gasteiger charge is -2.26. The molecule has 0 amide bonds. The fourth-order valence-electron chi connectivity index (χ4n) is 3.46. The third-order valence-electron chi connectivity index (χ3n) is 4.99. The van der Waals surface area contributed by atoms with Gasteiger partial charge in [-0.2, -0.15) is 0 Å². The predicted molar refractivity (Wildman–Crippen MR) is 97.7 cm³/mol. The maximum atomic E-state index is 14.1. The van der Waals surface area contributed by atoms with Gasteiger partial charge >= 0.3 is 0 Å². The van der Waals surface area contributed by atoms with Crippen LogP contribution in [0.15, 0.2) is 54.8 Å². The molecule has 0 heterocycles. The van der Waals surface area contributed by atoms with E-state index in [2.05, 4.69) is 31.2 Å². The lowest BCUT2D eigenvalue weighted by atomic mass is 9.79. The summed E-state index contributed by atoms with van der Waals surface area (Å²) < 4.78 is 19.3. The van der Waals surface area contributed by atoms with E-state index in [0.29, 0.717) is 5.92 Å². The van der Waals surface area contributed by atoms with E-state index in [1.54, 1.807) is 12.1 Å². The van der Waals surface area contributed by atoms with Gasteiger partial charge in [0.2, 0.25) is 0 Å². The van der Waals surface area contributed by atoms with Crippen LogP contribution in [-0.4, -0.2) is 0 Å². The molecule has 2 heteroatoms. The number of benzene rings is 2. The normalized spacial score (nSPS) is 21.1. The molecule has 1 nitrogen and oxygen atoms in total. The van der Waals surface area contributed by atoms with E-state index in [4.69, 9.17) is 4.74 Å². The van der Waals surface area contributed by atoms with Gasteiger partial charge in [0.05, 0.1) is 6.26 Å². The molecular formula is C22H25FO. The first-order valence-corrected chi connectivity index (χ1v) is 8.85. The van der Waals surface area contributed by atoms with Gasteiger partial charge in [-0.1, -0.05) is 56.2 Å². The zero-order chi connectivity index (χ0) is 16.9. The number of hydrogen-bond donors (Lipinski definition) is 0. The van der Waals surface area contributed by atoms with Crippen molar-refractivity contribution in [2.75, 3.05) is 0 Å². The molecule has 0 aromatic heterocycles. The first kappa shape index (κ1) is 16.8. The van der Waals surface area contributed by atoms with Crippen molar-refractivity contribution in [3.8, 4) is 16.9 Å². The highest BCUT2D eigenvalue weighted by molar-refractivity contribution is 5.64. The second-order valence-electron chi connectivity index (χ2n) is 6.81. The second-order valence-corrected chi connectivity index (χ2v) is 6.81. The summed E-state index contributed by atoms with van der Waals surface area (Å²) in [6, 6.07) is 13.7. The average Bonchev–Trinajstić information content (AvgIpc) is 2.61. The summed E-state index contributed by atoms with van der Waals surface area (Å²) in [5, 5.41) is 0. The van der Waals surface area contributed by atoms with Crippen LogP contribution in [0, 0.1) is 11.7 Å². The Hall–Kier alpha value is -2.09. The highest BCUT2D eigenvalue weighted by atomic mass is 19.1. The van der Waals surface area contributed by atoms with Crippen LogP contribution in [0.1, 0.15) is 51.0 Å². The summed E-state index contributed by atoms with van der Waals surface area (Å²) in [6.45, 7) is 4.18. The molecule has 0 N–H and O–H groups in total. The highest BCUT2D eigenvalue weighted by Crippen LogP contribution is 2.36. The molecule has 0 radical (unpaired) electrons. The van der Waals surface area contributed by atoms with Gasteiger partial charge < -0.3 is 4.74 Å². The first-order valence-electron chi connectivity index (χ1n) is 8.85. The minimum atomic E-state index is -0.337. The Morgan fingerprint density at radius 3 is 2.25 bits per heavy atom. The Balaban J connectivity index is 1.74. The van der Waals surface area contributed by atoms with Crippen molar-refractivity contribution in [1.82, 2.24) is 0 Å². The van der Waals surface area contributed by atoms with Crippen LogP contribution in [0.4, 0.5) is 4.39 Å². The van der Waals surface area contributed by atoms with Gasteiger partial charge in [-0.25, -0.2) is 4.39 Å². The number of ether oxygens (including phenoxy) is 1. The summed E-state index contributed by atoms with van der Waals surface area (Å²) >= 11 is 0. The molecule has 1 aliphatic carbocycles. The smallest absolute Gasteiger partial charge is 0.166 e. The van der Waals surface area contributed by atoms with Crippen LogP contribution in [0.25, 0.3) is 11.1 Å². The van der Waals surface area contributed by atoms with Crippen LogP contribution in [-0.2, 0) is 0 Å². The fourth-order valence-corrected chi connectivity index (χ4v) is 3.46. The van der Waals surface area contributed by atoms with E-state index < -0.39 is 0 Å². The van der Waals surface area contributed by atoms with Crippen molar-refractivity contribution >= 4 is 0 Å². The van der Waals surface area contributed by atoms with Crippen LogP contribution in [0.3, 0.4) is 0 Å². The summed E-state index contributed by atoms with van der Waals surface area (Å²) in [6.07, 6.45) is 8.44. The molecule has 0 aliphatic heterocycles. The van der Waals surface area contributed by atoms with Gasteiger partial charge in [0.15, 0.2) is 11.6 Å². The quantitative estimate of drug-likeness (QED) is 0.569. The number of allylic oxidation sites excluding steroid dienone is 1. The summed E-state index contributed by atoms with van der Waals surface area (Å²) in [4.78, 5) is 0. The van der Waals surface area contributed by atoms with E-state index in [0.717, 1.165) is 17.0 Å². The molecule has 2 aromatic rings. The van der Waals surface area contributed by atoms with Gasteiger partial charge in [0.1, 0.15) is 0 Å². The largest absolute Gasteiger partial charge is 0.462 e. The average molecular weight is 324 g/mol. The van der Waals surface area contributed by atoms with Gasteiger partial charge in [0.25, 0.3) is 0 Å². The Morgan fingerprint density at radius 1 is 0.958 bits per heavy atom. The van der Waals surface area contributed by atoms with Crippen molar-refractivity contribution in [2.24, 2.45) is 5.92 Å². The van der Waals surface area contributed by atoms with Crippen LogP contribution < -0.4 is 4.74 Å². The monoisotopic (exact) mass is 324 g/mol. The minimum absolute atomic E-state index is 0.254. The third-order valence-corrected chi connectivity index (χ3v) is 4.99. The molecule has 0 unspecified atom stereocenters. The van der Waals surface area contributed by atoms with Gasteiger partial charge in [0, 0.05) is 0 Å². The Kier molecular flexibility index (Phi) is 5.34. The maximum absolute atomic E-state index is 14.1. The van der Waals surface area contributed by atoms with Crippen molar-refractivity contribution in [3.63, 3.8) is 0 Å². The zero-order valence-corrected chi connectivity index (χ0v) is 14.5. The lowest BCUT2D eigenvalue weighted by molar-refractivity contribution is 0.348. The first-order chi connectivity index (χ1) is 11.7. The Labute approximate surface area is 144 Å². The van der Waals surface area contributed by atoms with Crippen LogP contribution in [0.2, 0.25) is 0 Å². The lowest BCUT2D eigenvalue weighted by Crippen LogP contribution is -2.10. The van der Waals surface area contributed by atoms with Gasteiger partial charge in [-0.05, 0) is 60.4 Å². The van der Waals surface area contributed by atoms with E-state index in [9.17, 15) is 4.39 Å². The van der Waals surface area contributed by atoms with Crippen LogP contribution in [0.5, 0.6) is 5.75 Å². The standard InChI is InChI=1S/C22H25FO/c1-3-14-24-22-13-12-20(15-21(22)23)19-10-8-18(9-11-19)17-6-4-16(2)5-7-17/h3,8-17H,4-7H2,1-2H3/b14-3+. The highest BCUT2D eigenvalue weighted by Gasteiger charge is 2.19. The summed E-state index contributed by atoms with van der Waals surface area (Å²) in [5.41, 5.74) is 3.34. The Bertz CT molecular complexity index is 694. The topological polar surface area (TPSA) is 9.23 Å². The third kappa shape index (κ3) is 3.87. The zero-order valence-electron chi connectivity index (χ0n) is 14.5. The van der Waals surface area contributed by atoms with Crippen molar-refractivity contribution < 1.29 is 9.13 Å². The fraction of sp³-hybridized carbons (Fsp3) is 0.364. The van der Waals surface area contributed by atoms with Crippen molar-refractivity contribution in [3.05, 3.63) is 66.2 Å². The molecule has 1 saturated carbocycles. The van der Waals surface area contributed by atoms with Crippen LogP contribution >= 0.6 is 0 Å². The molecule has 1 aliphatic rings. The van der Waals surface area contributed by atoms with E-state index in [1.165, 1.54) is 43.6 Å². The molecule has 0 saturated heterocycles. The van der Waals surface area contributed by atoms with E-state index in [1.807, 2.05) is 13.0 Å². The molecule has 2 aromatic carbocycles. The van der Waals surface area contributed by atoms with Crippen molar-refractivity contribution in [2.45, 2.75) is 45.4 Å². The maximum Gasteiger partial charge on any atom is 0.166 e. The van der Waals surface area contributed by atoms with Crippen molar-refractivity contribution in [1.29, 1.82) is 0 Å². The SMILES string of the molecule is C/C=C/Oc1ccc(-c2ccc(C3CCC(C)CC3)cc2)cc1F.